The summed E-state index contributed by atoms with van der Waals surface area (Å²) in [5.41, 5.74) is 0.692. The van der Waals surface area contributed by atoms with Crippen molar-refractivity contribution in [3.8, 4) is 0 Å². The summed E-state index contributed by atoms with van der Waals surface area (Å²) in [5, 5.41) is 6.81. The molecule has 0 bridgehead atoms. The van der Waals surface area contributed by atoms with Crippen molar-refractivity contribution in [1.82, 2.24) is 10.3 Å². The number of carbonyl (C=O) groups is 1. The normalized spacial score (nSPS) is 15.6. The van der Waals surface area contributed by atoms with Gasteiger partial charge in [0, 0.05) is 37.3 Å². The zero-order valence-corrected chi connectivity index (χ0v) is 11.6. The van der Waals surface area contributed by atoms with E-state index in [1.165, 1.54) is 25.7 Å². The molecule has 104 valence electrons. The van der Waals surface area contributed by atoms with E-state index in [0.717, 1.165) is 18.9 Å². The Hall–Kier alpha value is -1.42. The third kappa shape index (κ3) is 4.31. The molecule has 1 fully saturated rings. The SMILES string of the molecule is CCC(=O)c1ccc(NCCNC2CCCC2)nc1. The molecule has 0 unspecified atom stereocenters. The molecule has 0 radical (unpaired) electrons. The molecule has 2 rings (SSSR count). The maximum absolute atomic E-state index is 11.5. The summed E-state index contributed by atoms with van der Waals surface area (Å²) in [6.07, 6.45) is 7.52. The molecule has 4 heteroatoms. The van der Waals surface area contributed by atoms with Crippen molar-refractivity contribution in [3.05, 3.63) is 23.9 Å². The third-order valence-electron chi connectivity index (χ3n) is 3.63. The number of aromatic nitrogens is 1. The average Bonchev–Trinajstić information content (AvgIpc) is 2.96. The van der Waals surface area contributed by atoms with E-state index in [2.05, 4.69) is 15.6 Å². The summed E-state index contributed by atoms with van der Waals surface area (Å²) in [7, 11) is 0. The van der Waals surface area contributed by atoms with Gasteiger partial charge in [-0.2, -0.15) is 0 Å². The summed E-state index contributed by atoms with van der Waals surface area (Å²) in [6, 6.07) is 4.42. The van der Waals surface area contributed by atoms with Gasteiger partial charge in [-0.15, -0.1) is 0 Å². The molecule has 0 saturated heterocycles. The van der Waals surface area contributed by atoms with E-state index in [-0.39, 0.29) is 5.78 Å². The first-order valence-electron chi connectivity index (χ1n) is 7.26. The molecule has 0 aliphatic heterocycles. The van der Waals surface area contributed by atoms with Crippen LogP contribution in [0.1, 0.15) is 49.4 Å². The van der Waals surface area contributed by atoms with Gasteiger partial charge in [-0.05, 0) is 25.0 Å². The zero-order chi connectivity index (χ0) is 13.5. The molecule has 2 N–H and O–H groups in total. The Labute approximate surface area is 115 Å². The Morgan fingerprint density at radius 1 is 1.32 bits per heavy atom. The van der Waals surface area contributed by atoms with Gasteiger partial charge in [0.1, 0.15) is 5.82 Å². The molecule has 0 spiro atoms. The lowest BCUT2D eigenvalue weighted by atomic mass is 10.1. The first-order valence-corrected chi connectivity index (χ1v) is 7.26. The van der Waals surface area contributed by atoms with Gasteiger partial charge in [-0.1, -0.05) is 19.8 Å². The van der Waals surface area contributed by atoms with E-state index in [4.69, 9.17) is 0 Å². The summed E-state index contributed by atoms with van der Waals surface area (Å²) in [4.78, 5) is 15.7. The zero-order valence-electron chi connectivity index (χ0n) is 11.6. The van der Waals surface area contributed by atoms with Gasteiger partial charge in [0.25, 0.3) is 0 Å². The van der Waals surface area contributed by atoms with Crippen molar-refractivity contribution in [1.29, 1.82) is 0 Å². The predicted molar refractivity (Wildman–Crippen MR) is 77.6 cm³/mol. The Kier molecular flexibility index (Phi) is 5.33. The lowest BCUT2D eigenvalue weighted by Gasteiger charge is -2.12. The second-order valence-electron chi connectivity index (χ2n) is 5.07. The molecular weight excluding hydrogens is 238 g/mol. The number of ketones is 1. The fourth-order valence-corrected chi connectivity index (χ4v) is 2.46. The number of nitrogens with one attached hydrogen (secondary N) is 2. The van der Waals surface area contributed by atoms with Crippen LogP contribution in [-0.2, 0) is 0 Å². The van der Waals surface area contributed by atoms with E-state index in [1.807, 2.05) is 19.1 Å². The Bertz CT molecular complexity index is 396. The average molecular weight is 261 g/mol. The molecule has 1 saturated carbocycles. The van der Waals surface area contributed by atoms with Crippen LogP contribution in [0.4, 0.5) is 5.82 Å². The van der Waals surface area contributed by atoms with Crippen LogP contribution in [0.15, 0.2) is 18.3 Å². The number of hydrogen-bond acceptors (Lipinski definition) is 4. The first-order chi connectivity index (χ1) is 9.29. The van der Waals surface area contributed by atoms with E-state index < -0.39 is 0 Å². The highest BCUT2D eigenvalue weighted by atomic mass is 16.1. The van der Waals surface area contributed by atoms with E-state index in [9.17, 15) is 4.79 Å². The van der Waals surface area contributed by atoms with Gasteiger partial charge in [-0.3, -0.25) is 4.79 Å². The summed E-state index contributed by atoms with van der Waals surface area (Å²) in [6.45, 7) is 3.69. The smallest absolute Gasteiger partial charge is 0.164 e. The maximum Gasteiger partial charge on any atom is 0.164 e. The van der Waals surface area contributed by atoms with Crippen LogP contribution in [0.3, 0.4) is 0 Å². The van der Waals surface area contributed by atoms with Gasteiger partial charge in [0.2, 0.25) is 0 Å². The maximum atomic E-state index is 11.5. The lowest BCUT2D eigenvalue weighted by Crippen LogP contribution is -2.30. The summed E-state index contributed by atoms with van der Waals surface area (Å²) >= 11 is 0. The van der Waals surface area contributed by atoms with Crippen molar-refractivity contribution < 1.29 is 4.79 Å². The van der Waals surface area contributed by atoms with Gasteiger partial charge < -0.3 is 10.6 Å². The van der Waals surface area contributed by atoms with Crippen LogP contribution in [-0.4, -0.2) is 29.9 Å². The minimum absolute atomic E-state index is 0.141. The van der Waals surface area contributed by atoms with Crippen molar-refractivity contribution in [3.63, 3.8) is 0 Å². The third-order valence-corrected chi connectivity index (χ3v) is 3.63. The Balaban J connectivity index is 1.69. The van der Waals surface area contributed by atoms with E-state index >= 15 is 0 Å². The van der Waals surface area contributed by atoms with Crippen LogP contribution < -0.4 is 10.6 Å². The highest BCUT2D eigenvalue weighted by molar-refractivity contribution is 5.95. The van der Waals surface area contributed by atoms with Crippen molar-refractivity contribution in [2.45, 2.75) is 45.1 Å². The number of Topliss-reactive ketones (excluding diaryl/α,β-unsaturated/α-hetero) is 1. The standard InChI is InChI=1S/C15H23N3O/c1-2-14(19)12-7-8-15(18-11-12)17-10-9-16-13-5-3-4-6-13/h7-8,11,13,16H,2-6,9-10H2,1H3,(H,17,18). The van der Waals surface area contributed by atoms with Gasteiger partial charge >= 0.3 is 0 Å². The number of carbonyl (C=O) groups excluding carboxylic acids is 1. The molecule has 1 aromatic rings. The van der Waals surface area contributed by atoms with Gasteiger partial charge in [0.05, 0.1) is 0 Å². The molecule has 1 heterocycles. The van der Waals surface area contributed by atoms with Crippen molar-refractivity contribution in [2.24, 2.45) is 0 Å². The number of pyridine rings is 1. The quantitative estimate of drug-likeness (QED) is 0.585. The number of nitrogens with zero attached hydrogens (tertiary/aromatic N) is 1. The lowest BCUT2D eigenvalue weighted by molar-refractivity contribution is 0.0988. The second kappa shape index (κ2) is 7.24. The van der Waals surface area contributed by atoms with E-state index in [0.29, 0.717) is 18.0 Å². The molecule has 0 amide bonds. The minimum Gasteiger partial charge on any atom is -0.369 e. The Morgan fingerprint density at radius 2 is 2.11 bits per heavy atom. The highest BCUT2D eigenvalue weighted by Gasteiger charge is 2.13. The molecule has 19 heavy (non-hydrogen) atoms. The molecule has 1 aliphatic rings. The Morgan fingerprint density at radius 3 is 2.74 bits per heavy atom. The van der Waals surface area contributed by atoms with Crippen LogP contribution in [0.5, 0.6) is 0 Å². The fourth-order valence-electron chi connectivity index (χ4n) is 2.46. The van der Waals surface area contributed by atoms with Gasteiger partial charge in [0.15, 0.2) is 5.78 Å². The minimum atomic E-state index is 0.141. The van der Waals surface area contributed by atoms with Crippen molar-refractivity contribution >= 4 is 11.6 Å². The van der Waals surface area contributed by atoms with E-state index in [1.54, 1.807) is 6.20 Å². The molecular formula is C15H23N3O. The van der Waals surface area contributed by atoms with Crippen molar-refractivity contribution in [2.75, 3.05) is 18.4 Å². The summed E-state index contributed by atoms with van der Waals surface area (Å²) < 4.78 is 0. The number of hydrogen-bond donors (Lipinski definition) is 2. The molecule has 0 atom stereocenters. The fraction of sp³-hybridized carbons (Fsp3) is 0.600. The predicted octanol–water partition coefficient (Wildman–Crippen LogP) is 2.62. The monoisotopic (exact) mass is 261 g/mol. The van der Waals surface area contributed by atoms with Crippen LogP contribution in [0.2, 0.25) is 0 Å². The summed E-state index contributed by atoms with van der Waals surface area (Å²) in [5.74, 6) is 0.975. The van der Waals surface area contributed by atoms with Crippen LogP contribution >= 0.6 is 0 Å². The number of anilines is 1. The van der Waals surface area contributed by atoms with Crippen LogP contribution in [0.25, 0.3) is 0 Å². The topological polar surface area (TPSA) is 54.0 Å². The largest absolute Gasteiger partial charge is 0.369 e. The first kappa shape index (κ1) is 14.0. The molecule has 0 aromatic carbocycles. The molecule has 4 nitrogen and oxygen atoms in total. The number of rotatable bonds is 7. The van der Waals surface area contributed by atoms with Crippen LogP contribution in [0, 0.1) is 0 Å². The van der Waals surface area contributed by atoms with Gasteiger partial charge in [-0.25, -0.2) is 4.98 Å². The molecule has 1 aliphatic carbocycles. The second-order valence-corrected chi connectivity index (χ2v) is 5.07. The highest BCUT2D eigenvalue weighted by Crippen LogP contribution is 2.17. The molecule has 1 aromatic heterocycles.